The van der Waals surface area contributed by atoms with Crippen molar-refractivity contribution in [1.82, 2.24) is 15.5 Å². The molecule has 0 saturated carbocycles. The van der Waals surface area contributed by atoms with Crippen LogP contribution >= 0.6 is 24.0 Å². The summed E-state index contributed by atoms with van der Waals surface area (Å²) < 4.78 is 5.64. The number of nitrogens with zero attached hydrogens (tertiary/aromatic N) is 2. The molecule has 6 heteroatoms. The van der Waals surface area contributed by atoms with Crippen LogP contribution in [-0.4, -0.2) is 50.3 Å². The number of aliphatic imine (C=N–C) groups is 1. The maximum Gasteiger partial charge on any atom is 0.191 e. The Balaban J connectivity index is 0.00000243. The zero-order valence-electron chi connectivity index (χ0n) is 15.9. The first kappa shape index (κ1) is 21.4. The summed E-state index contributed by atoms with van der Waals surface area (Å²) >= 11 is 0. The molecule has 2 aliphatic heterocycles. The molecule has 1 unspecified atom stereocenters. The van der Waals surface area contributed by atoms with Gasteiger partial charge in [-0.2, -0.15) is 0 Å². The molecule has 1 atom stereocenters. The molecular formula is C20H33IN4O. The van der Waals surface area contributed by atoms with Crippen LogP contribution in [0.3, 0.4) is 0 Å². The van der Waals surface area contributed by atoms with Crippen LogP contribution < -0.4 is 10.6 Å². The van der Waals surface area contributed by atoms with E-state index in [0.29, 0.717) is 6.10 Å². The molecule has 2 fully saturated rings. The van der Waals surface area contributed by atoms with Gasteiger partial charge in [-0.3, -0.25) is 9.89 Å². The Morgan fingerprint density at radius 3 is 2.46 bits per heavy atom. The van der Waals surface area contributed by atoms with Gasteiger partial charge in [-0.05, 0) is 49.9 Å². The van der Waals surface area contributed by atoms with Gasteiger partial charge in [-0.25, -0.2) is 0 Å². The highest BCUT2D eigenvalue weighted by molar-refractivity contribution is 14.0. The topological polar surface area (TPSA) is 48.9 Å². The lowest BCUT2D eigenvalue weighted by molar-refractivity contribution is 0.114. The van der Waals surface area contributed by atoms with E-state index >= 15 is 0 Å². The van der Waals surface area contributed by atoms with Crippen LogP contribution in [0.4, 0.5) is 0 Å². The fourth-order valence-electron chi connectivity index (χ4n) is 3.56. The standard InChI is InChI=1S/C20H32N4O.HI/c1-21-20(23-15-19-6-5-13-25-19)22-14-17-7-9-18(10-8-17)16-24-11-3-2-4-12-24;/h7-10,19H,2-6,11-16H2,1H3,(H2,21,22,23);1H. The Hall–Kier alpha value is -0.860. The maximum absolute atomic E-state index is 5.64. The van der Waals surface area contributed by atoms with Crippen molar-refractivity contribution in [3.8, 4) is 0 Å². The van der Waals surface area contributed by atoms with Crippen LogP contribution in [0.2, 0.25) is 0 Å². The highest BCUT2D eigenvalue weighted by Crippen LogP contribution is 2.14. The first-order valence-electron chi connectivity index (χ1n) is 9.70. The largest absolute Gasteiger partial charge is 0.376 e. The number of piperidine rings is 1. The zero-order valence-corrected chi connectivity index (χ0v) is 18.2. The van der Waals surface area contributed by atoms with E-state index in [2.05, 4.69) is 44.8 Å². The third-order valence-electron chi connectivity index (χ3n) is 5.08. The minimum Gasteiger partial charge on any atom is -0.376 e. The molecule has 1 aromatic carbocycles. The summed E-state index contributed by atoms with van der Waals surface area (Å²) in [6, 6.07) is 8.96. The molecular weight excluding hydrogens is 439 g/mol. The van der Waals surface area contributed by atoms with Gasteiger partial charge < -0.3 is 15.4 Å². The van der Waals surface area contributed by atoms with Gasteiger partial charge in [0.2, 0.25) is 0 Å². The van der Waals surface area contributed by atoms with Crippen molar-refractivity contribution >= 4 is 29.9 Å². The van der Waals surface area contributed by atoms with Crippen molar-refractivity contribution in [2.45, 2.75) is 51.3 Å². The van der Waals surface area contributed by atoms with Crippen molar-refractivity contribution < 1.29 is 4.74 Å². The van der Waals surface area contributed by atoms with Crippen molar-refractivity contribution in [3.63, 3.8) is 0 Å². The van der Waals surface area contributed by atoms with Crippen molar-refractivity contribution in [2.24, 2.45) is 4.99 Å². The van der Waals surface area contributed by atoms with Gasteiger partial charge in [0.05, 0.1) is 6.10 Å². The number of rotatable bonds is 6. The quantitative estimate of drug-likeness (QED) is 0.380. The number of halogens is 1. The zero-order chi connectivity index (χ0) is 17.3. The molecule has 0 radical (unpaired) electrons. The molecule has 26 heavy (non-hydrogen) atoms. The smallest absolute Gasteiger partial charge is 0.191 e. The van der Waals surface area contributed by atoms with Crippen molar-refractivity contribution in [2.75, 3.05) is 33.3 Å². The minimum atomic E-state index is 0. The molecule has 3 rings (SSSR count). The van der Waals surface area contributed by atoms with Gasteiger partial charge in [0.25, 0.3) is 0 Å². The van der Waals surface area contributed by atoms with Gasteiger partial charge in [0.15, 0.2) is 5.96 Å². The average molecular weight is 472 g/mol. The third kappa shape index (κ3) is 7.04. The summed E-state index contributed by atoms with van der Waals surface area (Å²) in [5, 5.41) is 6.74. The van der Waals surface area contributed by atoms with E-state index in [-0.39, 0.29) is 24.0 Å². The van der Waals surface area contributed by atoms with Crippen LogP contribution in [0.15, 0.2) is 29.3 Å². The number of guanidine groups is 1. The Labute approximate surface area is 175 Å². The number of nitrogens with one attached hydrogen (secondary N) is 2. The molecule has 0 bridgehead atoms. The van der Waals surface area contributed by atoms with Crippen LogP contribution in [0, 0.1) is 0 Å². The van der Waals surface area contributed by atoms with E-state index in [1.165, 1.54) is 49.9 Å². The molecule has 0 aliphatic carbocycles. The molecule has 0 amide bonds. The lowest BCUT2D eigenvalue weighted by Gasteiger charge is -2.26. The normalized spacial score (nSPS) is 21.3. The Morgan fingerprint density at radius 1 is 1.08 bits per heavy atom. The molecule has 0 spiro atoms. The lowest BCUT2D eigenvalue weighted by atomic mass is 10.1. The van der Waals surface area contributed by atoms with Crippen LogP contribution in [0.5, 0.6) is 0 Å². The van der Waals surface area contributed by atoms with E-state index < -0.39 is 0 Å². The Bertz CT molecular complexity index is 537. The molecule has 5 nitrogen and oxygen atoms in total. The fourth-order valence-corrected chi connectivity index (χ4v) is 3.56. The van der Waals surface area contributed by atoms with Gasteiger partial charge in [-0.15, -0.1) is 24.0 Å². The van der Waals surface area contributed by atoms with Crippen LogP contribution in [-0.2, 0) is 17.8 Å². The summed E-state index contributed by atoms with van der Waals surface area (Å²) in [6.45, 7) is 6.08. The molecule has 146 valence electrons. The van der Waals surface area contributed by atoms with Crippen LogP contribution in [0.1, 0.15) is 43.2 Å². The molecule has 0 aromatic heterocycles. The highest BCUT2D eigenvalue weighted by Gasteiger charge is 2.15. The van der Waals surface area contributed by atoms with E-state index in [0.717, 1.165) is 38.6 Å². The number of likely N-dealkylation sites (tertiary alicyclic amines) is 1. The van der Waals surface area contributed by atoms with Crippen molar-refractivity contribution in [3.05, 3.63) is 35.4 Å². The van der Waals surface area contributed by atoms with E-state index in [1.54, 1.807) is 0 Å². The molecule has 2 aliphatic rings. The van der Waals surface area contributed by atoms with Gasteiger partial charge >= 0.3 is 0 Å². The monoisotopic (exact) mass is 472 g/mol. The molecule has 1 aromatic rings. The van der Waals surface area contributed by atoms with Crippen molar-refractivity contribution in [1.29, 1.82) is 0 Å². The highest BCUT2D eigenvalue weighted by atomic mass is 127. The van der Waals surface area contributed by atoms with E-state index in [4.69, 9.17) is 4.74 Å². The van der Waals surface area contributed by atoms with Gasteiger partial charge in [-0.1, -0.05) is 30.7 Å². The lowest BCUT2D eigenvalue weighted by Crippen LogP contribution is -2.40. The number of hydrogen-bond acceptors (Lipinski definition) is 3. The van der Waals surface area contributed by atoms with Crippen LogP contribution in [0.25, 0.3) is 0 Å². The predicted molar refractivity (Wildman–Crippen MR) is 118 cm³/mol. The third-order valence-corrected chi connectivity index (χ3v) is 5.08. The number of ether oxygens (including phenoxy) is 1. The predicted octanol–water partition coefficient (Wildman–Crippen LogP) is 3.13. The SMILES string of the molecule is CN=C(NCc1ccc(CN2CCCCC2)cc1)NCC1CCCO1.I. The minimum absolute atomic E-state index is 0. The van der Waals surface area contributed by atoms with E-state index in [9.17, 15) is 0 Å². The Kier molecular flexibility index (Phi) is 9.71. The second-order valence-corrected chi connectivity index (χ2v) is 7.10. The van der Waals surface area contributed by atoms with Gasteiger partial charge in [0.1, 0.15) is 0 Å². The fraction of sp³-hybridized carbons (Fsp3) is 0.650. The maximum atomic E-state index is 5.64. The molecule has 2 saturated heterocycles. The first-order chi connectivity index (χ1) is 12.3. The summed E-state index contributed by atoms with van der Waals surface area (Å²) in [7, 11) is 1.81. The summed E-state index contributed by atoms with van der Waals surface area (Å²) in [4.78, 5) is 6.85. The Morgan fingerprint density at radius 2 is 1.81 bits per heavy atom. The molecule has 2 heterocycles. The van der Waals surface area contributed by atoms with Gasteiger partial charge in [0, 0.05) is 33.3 Å². The molecule has 2 N–H and O–H groups in total. The number of hydrogen-bond donors (Lipinski definition) is 2. The summed E-state index contributed by atoms with van der Waals surface area (Å²) in [6.07, 6.45) is 6.72. The first-order valence-corrected chi connectivity index (χ1v) is 9.70. The summed E-state index contributed by atoms with van der Waals surface area (Å²) in [5.74, 6) is 0.841. The van der Waals surface area contributed by atoms with E-state index in [1.807, 2.05) is 7.05 Å². The second kappa shape index (κ2) is 11.8. The number of benzene rings is 1. The average Bonchev–Trinajstić information content (AvgIpc) is 3.18. The summed E-state index contributed by atoms with van der Waals surface area (Å²) in [5.41, 5.74) is 2.69. The second-order valence-electron chi connectivity index (χ2n) is 7.10.